The number of aryl methyl sites for hydroxylation is 1. The van der Waals surface area contributed by atoms with Crippen molar-refractivity contribution in [1.29, 1.82) is 0 Å². The first-order chi connectivity index (χ1) is 14.3. The molecule has 0 spiro atoms. The lowest BCUT2D eigenvalue weighted by atomic mass is 9.76. The molecule has 2 aliphatic heterocycles. The van der Waals surface area contributed by atoms with Gasteiger partial charge in [0, 0.05) is 24.7 Å². The molecule has 3 aliphatic rings. The first kappa shape index (κ1) is 21.0. The number of thiocarbonyl (C=S) groups is 1. The second kappa shape index (κ2) is 8.13. The molecule has 0 bridgehead atoms. The monoisotopic (exact) mass is 432 g/mol. The Morgan fingerprint density at radius 2 is 1.80 bits per heavy atom. The van der Waals surface area contributed by atoms with Crippen molar-refractivity contribution in [2.75, 3.05) is 18.0 Å². The van der Waals surface area contributed by atoms with Crippen molar-refractivity contribution in [3.63, 3.8) is 0 Å². The first-order valence-electron chi connectivity index (χ1n) is 10.4. The summed E-state index contributed by atoms with van der Waals surface area (Å²) in [7, 11) is 0. The smallest absolute Gasteiger partial charge is 0.227 e. The zero-order valence-electron chi connectivity index (χ0n) is 16.9. The van der Waals surface area contributed by atoms with E-state index in [1.165, 1.54) is 0 Å². The minimum absolute atomic E-state index is 0.0810. The number of piperidine rings is 1. The number of anilines is 1. The molecule has 1 aromatic carbocycles. The summed E-state index contributed by atoms with van der Waals surface area (Å²) in [6.45, 7) is 2.92. The lowest BCUT2D eigenvalue weighted by Crippen LogP contribution is -2.61. The standard InChI is InChI=1S/C21H28N4O4S/c1-11-2-4-13(5-3-11)25-17-14(10-15(26)18(27)16(17)23-21(25)30)20(29)24-8-6-12(7-9-24)19(22)28/h2-5,12,14-18,26-27H,6-10H2,1H3,(H2,22,28)(H,23,30)/t14-,15-,16-,17+,18+/m1/s1. The third kappa shape index (κ3) is 3.66. The van der Waals surface area contributed by atoms with E-state index >= 15 is 0 Å². The predicted octanol–water partition coefficient (Wildman–Crippen LogP) is -0.108. The van der Waals surface area contributed by atoms with E-state index in [1.807, 2.05) is 36.1 Å². The van der Waals surface area contributed by atoms with Gasteiger partial charge in [0.15, 0.2) is 5.11 Å². The van der Waals surface area contributed by atoms with Crippen LogP contribution in [0, 0.1) is 18.8 Å². The molecule has 2 amide bonds. The maximum Gasteiger partial charge on any atom is 0.227 e. The molecule has 8 nitrogen and oxygen atoms in total. The molecule has 5 atom stereocenters. The van der Waals surface area contributed by atoms with Crippen molar-refractivity contribution in [2.45, 2.75) is 50.5 Å². The SMILES string of the molecule is Cc1ccc(N2C(=S)N[C@H]3[C@@H](O)[C@H](O)C[C@@H](C(=O)N4CCC(C(N)=O)CC4)[C@@H]32)cc1. The summed E-state index contributed by atoms with van der Waals surface area (Å²) in [5, 5.41) is 24.6. The maximum absolute atomic E-state index is 13.5. The predicted molar refractivity (Wildman–Crippen MR) is 116 cm³/mol. The Labute approximate surface area is 181 Å². The largest absolute Gasteiger partial charge is 0.390 e. The molecule has 2 heterocycles. The Morgan fingerprint density at radius 1 is 1.17 bits per heavy atom. The summed E-state index contributed by atoms with van der Waals surface area (Å²) < 4.78 is 0. The molecule has 4 rings (SSSR count). The van der Waals surface area contributed by atoms with Gasteiger partial charge in [-0.15, -0.1) is 0 Å². The molecule has 0 aromatic heterocycles. The van der Waals surface area contributed by atoms with Gasteiger partial charge < -0.3 is 31.1 Å². The molecule has 3 fully saturated rings. The van der Waals surface area contributed by atoms with Crippen LogP contribution in [0.25, 0.3) is 0 Å². The van der Waals surface area contributed by atoms with Crippen molar-refractivity contribution in [1.82, 2.24) is 10.2 Å². The van der Waals surface area contributed by atoms with Gasteiger partial charge in [0.1, 0.15) is 6.10 Å². The number of carbonyl (C=O) groups excluding carboxylic acids is 2. The van der Waals surface area contributed by atoms with E-state index in [0.29, 0.717) is 31.0 Å². The number of benzene rings is 1. The number of carbonyl (C=O) groups is 2. The molecule has 5 N–H and O–H groups in total. The summed E-state index contributed by atoms with van der Waals surface area (Å²) in [6.07, 6.45) is -0.787. The van der Waals surface area contributed by atoms with Gasteiger partial charge in [0.2, 0.25) is 11.8 Å². The Hall–Kier alpha value is -2.23. The number of likely N-dealkylation sites (tertiary alicyclic amines) is 1. The third-order valence-corrected chi connectivity index (χ3v) is 7.00. The van der Waals surface area contributed by atoms with Crippen LogP contribution in [-0.4, -0.2) is 69.4 Å². The molecule has 1 saturated carbocycles. The van der Waals surface area contributed by atoms with E-state index in [2.05, 4.69) is 5.32 Å². The van der Waals surface area contributed by atoms with E-state index in [0.717, 1.165) is 11.3 Å². The Bertz CT molecular complexity index is 840. The number of primary amides is 1. The fourth-order valence-corrected chi connectivity index (χ4v) is 5.31. The van der Waals surface area contributed by atoms with Gasteiger partial charge in [-0.25, -0.2) is 0 Å². The maximum atomic E-state index is 13.5. The summed E-state index contributed by atoms with van der Waals surface area (Å²) in [5.74, 6) is -1.14. The fraction of sp³-hybridized carbons (Fsp3) is 0.571. The van der Waals surface area contributed by atoms with Gasteiger partial charge in [-0.2, -0.15) is 0 Å². The Morgan fingerprint density at radius 3 is 2.40 bits per heavy atom. The number of amides is 2. The van der Waals surface area contributed by atoms with E-state index < -0.39 is 30.2 Å². The lowest BCUT2D eigenvalue weighted by Gasteiger charge is -2.44. The number of aliphatic hydroxyl groups excluding tert-OH is 2. The van der Waals surface area contributed by atoms with Crippen LogP contribution in [0.1, 0.15) is 24.8 Å². The van der Waals surface area contributed by atoms with Crippen LogP contribution in [0.2, 0.25) is 0 Å². The van der Waals surface area contributed by atoms with Gasteiger partial charge >= 0.3 is 0 Å². The minimum atomic E-state index is -1.02. The minimum Gasteiger partial charge on any atom is -0.390 e. The summed E-state index contributed by atoms with van der Waals surface area (Å²) in [6, 6.07) is 6.90. The highest BCUT2D eigenvalue weighted by Crippen LogP contribution is 2.38. The number of rotatable bonds is 3. The normalized spacial score (nSPS) is 32.0. The number of aliphatic hydroxyl groups is 2. The highest BCUT2D eigenvalue weighted by molar-refractivity contribution is 7.80. The van der Waals surface area contributed by atoms with Crippen LogP contribution in [0.15, 0.2) is 24.3 Å². The fourth-order valence-electron chi connectivity index (χ4n) is 4.95. The van der Waals surface area contributed by atoms with Crippen LogP contribution in [0.3, 0.4) is 0 Å². The zero-order chi connectivity index (χ0) is 21.6. The average molecular weight is 433 g/mol. The van der Waals surface area contributed by atoms with Gasteiger partial charge in [-0.05, 0) is 50.5 Å². The van der Waals surface area contributed by atoms with E-state index in [1.54, 1.807) is 4.90 Å². The third-order valence-electron chi connectivity index (χ3n) is 6.68. The van der Waals surface area contributed by atoms with E-state index in [-0.39, 0.29) is 24.2 Å². The van der Waals surface area contributed by atoms with Crippen LogP contribution < -0.4 is 16.0 Å². The lowest BCUT2D eigenvalue weighted by molar-refractivity contribution is -0.144. The van der Waals surface area contributed by atoms with Gasteiger partial charge in [-0.3, -0.25) is 9.59 Å². The number of fused-ring (bicyclic) bond motifs is 1. The molecular weight excluding hydrogens is 404 g/mol. The molecule has 9 heteroatoms. The van der Waals surface area contributed by atoms with Crippen LogP contribution in [-0.2, 0) is 9.59 Å². The van der Waals surface area contributed by atoms with Crippen LogP contribution >= 0.6 is 12.2 Å². The molecule has 0 unspecified atom stereocenters. The molecule has 0 radical (unpaired) electrons. The average Bonchev–Trinajstić information content (AvgIpc) is 3.08. The number of hydrogen-bond acceptors (Lipinski definition) is 5. The Kier molecular flexibility index (Phi) is 5.69. The van der Waals surface area contributed by atoms with Crippen molar-refractivity contribution in [3.8, 4) is 0 Å². The van der Waals surface area contributed by atoms with Crippen LogP contribution in [0.5, 0.6) is 0 Å². The quantitative estimate of drug-likeness (QED) is 0.492. The van der Waals surface area contributed by atoms with E-state index in [9.17, 15) is 19.8 Å². The number of nitrogens with one attached hydrogen (secondary N) is 1. The van der Waals surface area contributed by atoms with E-state index in [4.69, 9.17) is 18.0 Å². The second-order valence-electron chi connectivity index (χ2n) is 8.57. The van der Waals surface area contributed by atoms with Crippen molar-refractivity contribution >= 4 is 34.8 Å². The number of nitrogens with two attached hydrogens (primary N) is 1. The first-order valence-corrected chi connectivity index (χ1v) is 10.8. The molecule has 30 heavy (non-hydrogen) atoms. The molecule has 2 saturated heterocycles. The summed E-state index contributed by atoms with van der Waals surface area (Å²) in [4.78, 5) is 28.6. The number of hydrogen-bond donors (Lipinski definition) is 4. The summed E-state index contributed by atoms with van der Waals surface area (Å²) >= 11 is 5.55. The van der Waals surface area contributed by atoms with Crippen molar-refractivity contribution < 1.29 is 19.8 Å². The van der Waals surface area contributed by atoms with Gasteiger partial charge in [0.25, 0.3) is 0 Å². The topological polar surface area (TPSA) is 119 Å². The van der Waals surface area contributed by atoms with Crippen molar-refractivity contribution in [2.24, 2.45) is 17.6 Å². The molecule has 162 valence electrons. The Balaban J connectivity index is 1.61. The highest BCUT2D eigenvalue weighted by atomic mass is 32.1. The zero-order valence-corrected chi connectivity index (χ0v) is 17.7. The second-order valence-corrected chi connectivity index (χ2v) is 8.96. The molecule has 1 aromatic rings. The molecule has 1 aliphatic carbocycles. The number of nitrogens with zero attached hydrogens (tertiary/aromatic N) is 2. The van der Waals surface area contributed by atoms with Crippen molar-refractivity contribution in [3.05, 3.63) is 29.8 Å². The summed E-state index contributed by atoms with van der Waals surface area (Å²) in [5.41, 5.74) is 7.37. The molecular formula is C21H28N4O4S. The van der Waals surface area contributed by atoms with Crippen LogP contribution in [0.4, 0.5) is 5.69 Å². The van der Waals surface area contributed by atoms with Gasteiger partial charge in [0.05, 0.1) is 24.1 Å². The highest BCUT2D eigenvalue weighted by Gasteiger charge is 2.54. The van der Waals surface area contributed by atoms with Gasteiger partial charge in [-0.1, -0.05) is 17.7 Å².